The van der Waals surface area contributed by atoms with Gasteiger partial charge in [-0.3, -0.25) is 4.98 Å². The fourth-order valence-corrected chi connectivity index (χ4v) is 2.98. The summed E-state index contributed by atoms with van der Waals surface area (Å²) in [5.74, 6) is 0. The van der Waals surface area contributed by atoms with E-state index in [9.17, 15) is 0 Å². The third-order valence-corrected chi connectivity index (χ3v) is 3.97. The van der Waals surface area contributed by atoms with Crippen LogP contribution in [0.25, 0.3) is 10.9 Å². The highest BCUT2D eigenvalue weighted by atomic mass is 16.5. The molecular formula is C17H22N2O. The molecule has 0 bridgehead atoms. The Morgan fingerprint density at radius 2 is 2.20 bits per heavy atom. The molecular weight excluding hydrogens is 248 g/mol. The summed E-state index contributed by atoms with van der Waals surface area (Å²) in [5, 5.41) is 4.86. The van der Waals surface area contributed by atoms with Crippen molar-refractivity contribution < 1.29 is 4.74 Å². The van der Waals surface area contributed by atoms with E-state index in [4.69, 9.17) is 4.74 Å². The molecule has 1 aromatic heterocycles. The lowest BCUT2D eigenvalue weighted by molar-refractivity contribution is 0.00599. The Balaban J connectivity index is 1.76. The summed E-state index contributed by atoms with van der Waals surface area (Å²) in [4.78, 5) is 4.51. The number of anilines is 1. The van der Waals surface area contributed by atoms with Crippen molar-refractivity contribution in [2.24, 2.45) is 0 Å². The highest BCUT2D eigenvalue weighted by molar-refractivity contribution is 5.90. The summed E-state index contributed by atoms with van der Waals surface area (Å²) in [6, 6.07) is 10.9. The molecule has 2 unspecified atom stereocenters. The Hall–Kier alpha value is -1.61. The monoisotopic (exact) mass is 270 g/mol. The van der Waals surface area contributed by atoms with Gasteiger partial charge in [0.1, 0.15) is 0 Å². The molecule has 0 aliphatic carbocycles. The first-order valence-corrected chi connectivity index (χ1v) is 7.58. The first-order chi connectivity index (χ1) is 9.86. The van der Waals surface area contributed by atoms with Crippen molar-refractivity contribution >= 4 is 16.6 Å². The van der Waals surface area contributed by atoms with Crippen LogP contribution in [0.5, 0.6) is 0 Å². The Kier molecular flexibility index (Phi) is 4.16. The van der Waals surface area contributed by atoms with Crippen LogP contribution in [0.1, 0.15) is 32.6 Å². The van der Waals surface area contributed by atoms with Gasteiger partial charge in [-0.1, -0.05) is 31.5 Å². The molecule has 0 spiro atoms. The van der Waals surface area contributed by atoms with Crippen molar-refractivity contribution in [2.75, 3.05) is 11.9 Å². The average molecular weight is 270 g/mol. The fraction of sp³-hybridized carbons (Fsp3) is 0.471. The van der Waals surface area contributed by atoms with Gasteiger partial charge in [0.2, 0.25) is 0 Å². The second kappa shape index (κ2) is 6.23. The van der Waals surface area contributed by atoms with Crippen LogP contribution in [0, 0.1) is 0 Å². The van der Waals surface area contributed by atoms with Gasteiger partial charge in [-0.2, -0.15) is 0 Å². The number of nitrogens with zero attached hydrogens (tertiary/aromatic N) is 1. The third-order valence-electron chi connectivity index (χ3n) is 3.97. The van der Waals surface area contributed by atoms with Crippen LogP contribution in [0.3, 0.4) is 0 Å². The average Bonchev–Trinajstić information content (AvgIpc) is 2.48. The Morgan fingerprint density at radius 1 is 1.30 bits per heavy atom. The van der Waals surface area contributed by atoms with E-state index in [0.29, 0.717) is 12.1 Å². The van der Waals surface area contributed by atoms with Gasteiger partial charge in [0, 0.05) is 24.2 Å². The van der Waals surface area contributed by atoms with Gasteiger partial charge in [-0.15, -0.1) is 0 Å². The standard InChI is InChI=1S/C17H22N2O/c1-2-5-15-12-14(9-11-20-15)19-16-8-3-6-13-7-4-10-18-17(13)16/h3-4,6-8,10,14-15,19H,2,5,9,11-12H2,1H3. The van der Waals surface area contributed by atoms with E-state index in [2.05, 4.69) is 41.5 Å². The van der Waals surface area contributed by atoms with Crippen LogP contribution >= 0.6 is 0 Å². The number of nitrogens with one attached hydrogen (secondary N) is 1. The molecule has 1 saturated heterocycles. The summed E-state index contributed by atoms with van der Waals surface area (Å²) in [7, 11) is 0. The lowest BCUT2D eigenvalue weighted by Gasteiger charge is -2.30. The Morgan fingerprint density at radius 3 is 3.10 bits per heavy atom. The van der Waals surface area contributed by atoms with Crippen LogP contribution in [-0.2, 0) is 4.74 Å². The SMILES string of the molecule is CCCC1CC(Nc2cccc3cccnc23)CCO1. The molecule has 20 heavy (non-hydrogen) atoms. The first kappa shape index (κ1) is 13.4. The first-order valence-electron chi connectivity index (χ1n) is 7.58. The molecule has 0 saturated carbocycles. The summed E-state index contributed by atoms with van der Waals surface area (Å²) in [6.07, 6.45) is 6.78. The van der Waals surface area contributed by atoms with Crippen LogP contribution < -0.4 is 5.32 Å². The minimum Gasteiger partial charge on any atom is -0.380 e. The zero-order valence-electron chi connectivity index (χ0n) is 12.0. The predicted molar refractivity (Wildman–Crippen MR) is 83.0 cm³/mol. The van der Waals surface area contributed by atoms with Crippen molar-refractivity contribution in [2.45, 2.75) is 44.8 Å². The molecule has 0 amide bonds. The van der Waals surface area contributed by atoms with Gasteiger partial charge >= 0.3 is 0 Å². The number of fused-ring (bicyclic) bond motifs is 1. The molecule has 1 aliphatic rings. The number of pyridine rings is 1. The number of hydrogen-bond acceptors (Lipinski definition) is 3. The summed E-state index contributed by atoms with van der Waals surface area (Å²) in [6.45, 7) is 3.08. The third kappa shape index (κ3) is 2.93. The maximum absolute atomic E-state index is 5.82. The molecule has 106 valence electrons. The molecule has 1 aromatic carbocycles. The molecule has 1 N–H and O–H groups in total. The van der Waals surface area contributed by atoms with Gasteiger partial charge in [0.25, 0.3) is 0 Å². The van der Waals surface area contributed by atoms with Crippen LogP contribution in [0.2, 0.25) is 0 Å². The zero-order chi connectivity index (χ0) is 13.8. The van der Waals surface area contributed by atoms with E-state index < -0.39 is 0 Å². The van der Waals surface area contributed by atoms with Gasteiger partial charge in [-0.25, -0.2) is 0 Å². The lowest BCUT2D eigenvalue weighted by atomic mass is 9.99. The maximum atomic E-state index is 5.82. The molecule has 1 fully saturated rings. The Labute approximate surface area is 120 Å². The molecule has 2 heterocycles. The summed E-state index contributed by atoms with van der Waals surface area (Å²) in [5.41, 5.74) is 2.21. The summed E-state index contributed by atoms with van der Waals surface area (Å²) < 4.78 is 5.82. The number of para-hydroxylation sites is 1. The van der Waals surface area contributed by atoms with Crippen LogP contribution in [-0.4, -0.2) is 23.7 Å². The maximum Gasteiger partial charge on any atom is 0.0933 e. The molecule has 3 heteroatoms. The van der Waals surface area contributed by atoms with Gasteiger partial charge < -0.3 is 10.1 Å². The van der Waals surface area contributed by atoms with Crippen molar-refractivity contribution in [3.63, 3.8) is 0 Å². The fourth-order valence-electron chi connectivity index (χ4n) is 2.98. The molecule has 3 nitrogen and oxygen atoms in total. The zero-order valence-corrected chi connectivity index (χ0v) is 12.0. The molecule has 2 aromatic rings. The Bertz CT molecular complexity index is 562. The van der Waals surface area contributed by atoms with Crippen LogP contribution in [0.4, 0.5) is 5.69 Å². The topological polar surface area (TPSA) is 34.2 Å². The minimum absolute atomic E-state index is 0.411. The number of benzene rings is 1. The van der Waals surface area contributed by atoms with E-state index in [0.717, 1.165) is 37.1 Å². The largest absolute Gasteiger partial charge is 0.380 e. The van der Waals surface area contributed by atoms with Crippen LogP contribution in [0.15, 0.2) is 36.5 Å². The smallest absolute Gasteiger partial charge is 0.0933 e. The second-order valence-corrected chi connectivity index (χ2v) is 5.53. The number of rotatable bonds is 4. The van der Waals surface area contributed by atoms with Gasteiger partial charge in [0.15, 0.2) is 0 Å². The van der Waals surface area contributed by atoms with Gasteiger partial charge in [0.05, 0.1) is 17.3 Å². The van der Waals surface area contributed by atoms with Crippen molar-refractivity contribution in [3.05, 3.63) is 36.5 Å². The van der Waals surface area contributed by atoms with E-state index in [1.165, 1.54) is 11.8 Å². The number of aromatic nitrogens is 1. The molecule has 3 rings (SSSR count). The van der Waals surface area contributed by atoms with Crippen molar-refractivity contribution in [1.82, 2.24) is 4.98 Å². The normalized spacial score (nSPS) is 22.9. The van der Waals surface area contributed by atoms with E-state index in [-0.39, 0.29) is 0 Å². The van der Waals surface area contributed by atoms with Crippen molar-refractivity contribution in [3.8, 4) is 0 Å². The number of ether oxygens (including phenoxy) is 1. The van der Waals surface area contributed by atoms with E-state index >= 15 is 0 Å². The highest BCUT2D eigenvalue weighted by Gasteiger charge is 2.22. The van der Waals surface area contributed by atoms with Gasteiger partial charge in [-0.05, 0) is 31.4 Å². The quantitative estimate of drug-likeness (QED) is 0.912. The molecule has 2 atom stereocenters. The predicted octanol–water partition coefficient (Wildman–Crippen LogP) is 3.99. The second-order valence-electron chi connectivity index (χ2n) is 5.53. The van der Waals surface area contributed by atoms with E-state index in [1.807, 2.05) is 12.3 Å². The highest BCUT2D eigenvalue weighted by Crippen LogP contribution is 2.25. The van der Waals surface area contributed by atoms with Crippen molar-refractivity contribution in [1.29, 1.82) is 0 Å². The minimum atomic E-state index is 0.411. The van der Waals surface area contributed by atoms with E-state index in [1.54, 1.807) is 0 Å². The number of hydrogen-bond donors (Lipinski definition) is 1. The lowest BCUT2D eigenvalue weighted by Crippen LogP contribution is -2.34. The summed E-state index contributed by atoms with van der Waals surface area (Å²) >= 11 is 0. The molecule has 1 aliphatic heterocycles. The molecule has 0 radical (unpaired) electrons.